The van der Waals surface area contributed by atoms with Crippen molar-refractivity contribution in [3.8, 4) is 0 Å². The van der Waals surface area contributed by atoms with E-state index >= 15 is 0 Å². The number of pyridine rings is 5. The summed E-state index contributed by atoms with van der Waals surface area (Å²) in [5.74, 6) is -5.14. The molecule has 1 saturated carbocycles. The largest absolute Gasteiger partial charge is 0.478 e. The second-order valence-electron chi connectivity index (χ2n) is 33.1. The average molecular weight is 1800 g/mol. The van der Waals surface area contributed by atoms with E-state index in [1.807, 2.05) is 74.9 Å². The Kier molecular flexibility index (Phi) is 34.8. The maximum atomic E-state index is 13.9. The van der Waals surface area contributed by atoms with E-state index < -0.39 is 29.8 Å². The molecule has 0 amide bonds. The maximum Gasteiger partial charge on any atom is 0.336 e. The van der Waals surface area contributed by atoms with Gasteiger partial charge in [0.1, 0.15) is 17.5 Å². The molecular formula is C100H111ClF3N17O10. The predicted molar refractivity (Wildman–Crippen MR) is 499 cm³/mol. The van der Waals surface area contributed by atoms with Gasteiger partial charge in [0.25, 0.3) is 0 Å². The van der Waals surface area contributed by atoms with Crippen LogP contribution in [0.15, 0.2) is 183 Å². The highest BCUT2D eigenvalue weighted by atomic mass is 35.5. The molecule has 131 heavy (non-hydrogen) atoms. The summed E-state index contributed by atoms with van der Waals surface area (Å²) in [5.41, 5.74) is 13.9. The molecule has 16 rings (SSSR count). The standard InChI is InChI=1S/C22H24FN3O2.C20H23ClN4O2.C20H23FN4O2.C20H22FN3O2.C18H19N3O2/c23-17-6-7-21-19(13-17)20(12-16-14-24-10-8-18(16)22(27)28)25-26(21)11-9-15-4-2-1-3-5-15;1-22-8-3-2-4-10-25-19-6-5-15(21)12-17(19)18(24-25)11-14-13-23-9-7-16(14)20(26)27;1-24(2)9-3-4-10-25-19-6-5-15(21)12-17(19)18(23-25)11-14-13-22-8-7-16(14)20(26)27;1-2-3-4-5-10-24-19-7-6-15(21)12-17(19)18(23-24)11-14-13-22-9-8-16(14)20(25)26;1-3-9-21-17-12(2)5-4-6-15(17)16(20-21)10-13-11-19-8-7-14(13)18(22)23/h6-8,10,13-15H,1-5,9,11-12H2,(H,27,28);5-7,9,12-13,22H,2-4,8,10-11H2,1H3,(H,26,27);5-8,12-13H,3-4,9-11H2,1-2H3,(H,26,27);6-9,12-13H,2-5,10-11H2,1H3,(H,25,26);4-8,11H,3,9-10H2,1-2H3,(H,22,23). The Labute approximate surface area is 762 Å². The monoisotopic (exact) mass is 1800 g/mol. The molecule has 0 unspecified atom stereocenters. The van der Waals surface area contributed by atoms with Crippen LogP contribution in [-0.2, 0) is 64.8 Å². The van der Waals surface area contributed by atoms with E-state index in [4.69, 9.17) is 26.9 Å². The summed E-state index contributed by atoms with van der Waals surface area (Å²) in [5, 5.41) is 78.5. The van der Waals surface area contributed by atoms with Crippen molar-refractivity contribution in [3.05, 3.63) is 295 Å². The summed E-state index contributed by atoms with van der Waals surface area (Å²) < 4.78 is 51.3. The Morgan fingerprint density at radius 1 is 0.405 bits per heavy atom. The molecule has 0 radical (unpaired) electrons. The van der Waals surface area contributed by atoms with E-state index in [0.717, 1.165) is 176 Å². The quantitative estimate of drug-likeness (QED) is 0.0199. The normalized spacial score (nSPS) is 12.1. The summed E-state index contributed by atoms with van der Waals surface area (Å²) >= 11 is 6.20. The Morgan fingerprint density at radius 2 is 0.756 bits per heavy atom. The Bertz CT molecular complexity index is 6460. The highest BCUT2D eigenvalue weighted by molar-refractivity contribution is 6.31. The van der Waals surface area contributed by atoms with Gasteiger partial charge < -0.3 is 35.7 Å². The van der Waals surface area contributed by atoms with Crippen molar-refractivity contribution in [3.63, 3.8) is 0 Å². The third-order valence-electron chi connectivity index (χ3n) is 23.3. The minimum atomic E-state index is -1.01. The second-order valence-corrected chi connectivity index (χ2v) is 33.5. The molecule has 5 aromatic carbocycles. The number of carbonyl (C=O) groups is 5. The number of aromatic nitrogens is 15. The number of hydrogen-bond donors (Lipinski definition) is 6. The Hall–Kier alpha value is -13.5. The number of para-hydroxylation sites is 1. The molecule has 0 atom stereocenters. The lowest BCUT2D eigenvalue weighted by Gasteiger charge is -2.21. The molecule has 15 aromatic rings. The molecule has 10 aromatic heterocycles. The smallest absolute Gasteiger partial charge is 0.336 e. The lowest BCUT2D eigenvalue weighted by molar-refractivity contribution is 0.0684. The molecule has 31 heteroatoms. The van der Waals surface area contributed by atoms with Gasteiger partial charge in [-0.2, -0.15) is 25.5 Å². The number of benzene rings is 5. The van der Waals surface area contributed by atoms with E-state index in [9.17, 15) is 62.7 Å². The zero-order valence-corrected chi connectivity index (χ0v) is 75.4. The van der Waals surface area contributed by atoms with Gasteiger partial charge in [-0.1, -0.05) is 101 Å². The highest BCUT2D eigenvalue weighted by Crippen LogP contribution is 2.33. The molecule has 0 spiro atoms. The molecule has 0 saturated heterocycles. The lowest BCUT2D eigenvalue weighted by atomic mass is 9.87. The molecule has 6 N–H and O–H groups in total. The van der Waals surface area contributed by atoms with Gasteiger partial charge in [-0.25, -0.2) is 37.1 Å². The number of nitrogens with zero attached hydrogens (tertiary/aromatic N) is 16. The van der Waals surface area contributed by atoms with E-state index in [1.165, 1.54) is 154 Å². The van der Waals surface area contributed by atoms with E-state index in [0.29, 0.717) is 87.4 Å². The molecular weight excluding hydrogens is 1690 g/mol. The summed E-state index contributed by atoms with van der Waals surface area (Å²) in [6, 6.07) is 33.3. The van der Waals surface area contributed by atoms with Crippen molar-refractivity contribution in [2.45, 2.75) is 188 Å². The van der Waals surface area contributed by atoms with Crippen LogP contribution in [0.2, 0.25) is 5.02 Å². The second kappa shape index (κ2) is 47.2. The Balaban J connectivity index is 0.000000148. The number of aromatic carboxylic acids is 5. The van der Waals surface area contributed by atoms with Gasteiger partial charge in [0.15, 0.2) is 0 Å². The van der Waals surface area contributed by atoms with Crippen LogP contribution in [-0.4, -0.2) is 168 Å². The zero-order valence-electron chi connectivity index (χ0n) is 74.6. The summed E-state index contributed by atoms with van der Waals surface area (Å²) in [6.07, 6.45) is 35.3. The van der Waals surface area contributed by atoms with Crippen molar-refractivity contribution >= 4 is 96.0 Å². The number of fused-ring (bicyclic) bond motifs is 5. The van der Waals surface area contributed by atoms with Crippen molar-refractivity contribution in [2.75, 3.05) is 34.2 Å². The fourth-order valence-corrected chi connectivity index (χ4v) is 16.9. The zero-order chi connectivity index (χ0) is 93.0. The molecule has 684 valence electrons. The van der Waals surface area contributed by atoms with Gasteiger partial charge in [0.2, 0.25) is 0 Å². The third-order valence-corrected chi connectivity index (χ3v) is 23.6. The Morgan fingerprint density at radius 3 is 1.12 bits per heavy atom. The van der Waals surface area contributed by atoms with Gasteiger partial charge in [0.05, 0.1) is 83.9 Å². The van der Waals surface area contributed by atoms with Gasteiger partial charge in [0, 0.05) is 159 Å². The van der Waals surface area contributed by atoms with Crippen molar-refractivity contribution in [2.24, 2.45) is 5.92 Å². The number of rotatable bonds is 36. The molecule has 0 aliphatic heterocycles. The number of nitrogens with one attached hydrogen (secondary N) is 1. The van der Waals surface area contributed by atoms with E-state index in [1.54, 1.807) is 36.8 Å². The molecule has 1 aliphatic carbocycles. The predicted octanol–water partition coefficient (Wildman–Crippen LogP) is 19.7. The van der Waals surface area contributed by atoms with Crippen molar-refractivity contribution < 1.29 is 62.7 Å². The first kappa shape index (κ1) is 96.6. The van der Waals surface area contributed by atoms with Gasteiger partial charge in [-0.05, 0) is 229 Å². The van der Waals surface area contributed by atoms with Crippen LogP contribution in [0.3, 0.4) is 0 Å². The van der Waals surface area contributed by atoms with Crippen LogP contribution in [0.1, 0.15) is 230 Å². The van der Waals surface area contributed by atoms with Gasteiger partial charge in [-0.15, -0.1) is 0 Å². The molecule has 27 nitrogen and oxygen atoms in total. The summed E-state index contributed by atoms with van der Waals surface area (Å²) in [4.78, 5) is 79.6. The summed E-state index contributed by atoms with van der Waals surface area (Å²) in [6.45, 7) is 12.3. The fraction of sp³-hybridized carbons (Fsp3) is 0.350. The summed E-state index contributed by atoms with van der Waals surface area (Å²) in [7, 11) is 6.04. The van der Waals surface area contributed by atoms with E-state index in [-0.39, 0.29) is 45.3 Å². The van der Waals surface area contributed by atoms with Crippen LogP contribution in [0.5, 0.6) is 0 Å². The number of carboxylic acids is 5. The highest BCUT2D eigenvalue weighted by Gasteiger charge is 2.25. The SMILES string of the molecule is CCCCCCn1nc(Cc2cnccc2C(=O)O)c2cc(F)ccc21.CCCn1nc(Cc2cnccc2C(=O)O)c2cccc(C)c21.CN(C)CCCCn1nc(Cc2cnccc2C(=O)O)c2cc(F)ccc21.CNCCCCCn1nc(Cc2cnccc2C(=O)O)c2cc(Cl)ccc21.O=C(O)c1ccncc1Cc1nn(CCC2CCCCC2)c2ccc(F)cc12. The first-order valence-electron chi connectivity index (χ1n) is 44.5. The van der Waals surface area contributed by atoms with Crippen LogP contribution in [0, 0.1) is 30.3 Å². The van der Waals surface area contributed by atoms with Crippen molar-refractivity contribution in [1.29, 1.82) is 0 Å². The van der Waals surface area contributed by atoms with E-state index in [2.05, 4.69) is 72.2 Å². The van der Waals surface area contributed by atoms with Crippen LogP contribution in [0.4, 0.5) is 13.2 Å². The number of hydrogen-bond acceptors (Lipinski definition) is 17. The molecule has 1 aliphatic rings. The van der Waals surface area contributed by atoms with Crippen LogP contribution < -0.4 is 5.32 Å². The molecule has 1 fully saturated rings. The maximum absolute atomic E-state index is 13.9. The van der Waals surface area contributed by atoms with Crippen molar-refractivity contribution in [1.82, 2.24) is 84.0 Å². The first-order chi connectivity index (χ1) is 63.4. The van der Waals surface area contributed by atoms with Crippen LogP contribution in [0.25, 0.3) is 54.5 Å². The lowest BCUT2D eigenvalue weighted by Crippen LogP contribution is -2.13. The van der Waals surface area contributed by atoms with Crippen LogP contribution >= 0.6 is 11.6 Å². The van der Waals surface area contributed by atoms with Gasteiger partial charge in [-0.3, -0.25) is 48.3 Å². The third kappa shape index (κ3) is 25.8. The fourth-order valence-electron chi connectivity index (χ4n) is 16.7. The first-order valence-corrected chi connectivity index (χ1v) is 44.9. The number of halogens is 4. The van der Waals surface area contributed by atoms with Gasteiger partial charge >= 0.3 is 29.8 Å². The minimum absolute atomic E-state index is 0.190. The number of unbranched alkanes of at least 4 members (excludes halogenated alkanes) is 6. The number of aryl methyl sites for hydroxylation is 6. The number of carboxylic acid groups (broad SMARTS) is 5. The minimum Gasteiger partial charge on any atom is -0.478 e. The molecule has 10 heterocycles. The topological polar surface area (TPSA) is 355 Å². The molecule has 0 bridgehead atoms. The average Bonchev–Trinajstić information content (AvgIpc) is 1.65.